The molecule has 3 nitrogen and oxygen atoms in total. The molecule has 0 bridgehead atoms. The van der Waals surface area contributed by atoms with Crippen LogP contribution in [0.5, 0.6) is 0 Å². The molecule has 0 radical (unpaired) electrons. The van der Waals surface area contributed by atoms with Crippen molar-refractivity contribution in [2.45, 2.75) is 10.8 Å². The van der Waals surface area contributed by atoms with Crippen molar-refractivity contribution in [1.82, 2.24) is 0 Å². The molecule has 0 atom stereocenters. The van der Waals surface area contributed by atoms with Gasteiger partial charge in [0.25, 0.3) is 10.0 Å². The van der Waals surface area contributed by atoms with Gasteiger partial charge in [-0.2, -0.15) is 0 Å². The zero-order chi connectivity index (χ0) is 14.8. The minimum Gasteiger partial charge on any atom is -0.279 e. The highest BCUT2D eigenvalue weighted by Gasteiger charge is 2.19. The lowest BCUT2D eigenvalue weighted by Gasteiger charge is -2.12. The van der Waals surface area contributed by atoms with Gasteiger partial charge in [-0.15, -0.1) is 11.6 Å². The highest BCUT2D eigenvalue weighted by molar-refractivity contribution is 9.10. The van der Waals surface area contributed by atoms with Crippen LogP contribution in [-0.4, -0.2) is 8.42 Å². The molecule has 2 aromatic carbocycles. The molecule has 0 unspecified atom stereocenters. The highest BCUT2D eigenvalue weighted by Crippen LogP contribution is 2.28. The van der Waals surface area contributed by atoms with Gasteiger partial charge in [-0.3, -0.25) is 4.72 Å². The molecule has 0 spiro atoms. The zero-order valence-electron chi connectivity index (χ0n) is 10.1. The monoisotopic (exact) mass is 393 g/mol. The summed E-state index contributed by atoms with van der Waals surface area (Å²) in [6, 6.07) is 11.5. The minimum absolute atomic E-state index is 0.0201. The summed E-state index contributed by atoms with van der Waals surface area (Å²) in [6.07, 6.45) is 0. The summed E-state index contributed by atoms with van der Waals surface area (Å²) in [5.41, 5.74) is 1.15. The molecule has 7 heteroatoms. The third kappa shape index (κ3) is 3.47. The molecule has 2 rings (SSSR count). The lowest BCUT2D eigenvalue weighted by molar-refractivity contribution is 0.601. The molecule has 0 aliphatic heterocycles. The predicted octanol–water partition coefficient (Wildman–Crippen LogP) is 4.64. The fourth-order valence-corrected chi connectivity index (χ4v) is 4.00. The summed E-state index contributed by atoms with van der Waals surface area (Å²) in [7, 11) is -3.75. The number of benzene rings is 2. The summed E-state index contributed by atoms with van der Waals surface area (Å²) in [5, 5.41) is 0.148. The van der Waals surface area contributed by atoms with Gasteiger partial charge in [-0.25, -0.2) is 8.42 Å². The average molecular weight is 395 g/mol. The highest BCUT2D eigenvalue weighted by atomic mass is 79.9. The first kappa shape index (κ1) is 15.6. The molecule has 0 fully saturated rings. The lowest BCUT2D eigenvalue weighted by Crippen LogP contribution is -2.14. The van der Waals surface area contributed by atoms with Gasteiger partial charge in [0.2, 0.25) is 0 Å². The van der Waals surface area contributed by atoms with E-state index in [9.17, 15) is 8.42 Å². The molecule has 0 aliphatic carbocycles. The fourth-order valence-electron chi connectivity index (χ4n) is 1.63. The Balaban J connectivity index is 2.41. The molecule has 20 heavy (non-hydrogen) atoms. The summed E-state index contributed by atoms with van der Waals surface area (Å²) >= 11 is 15.0. The van der Waals surface area contributed by atoms with Crippen LogP contribution in [0.2, 0.25) is 5.02 Å². The van der Waals surface area contributed by atoms with Gasteiger partial charge in [0, 0.05) is 10.4 Å². The van der Waals surface area contributed by atoms with Crippen LogP contribution in [-0.2, 0) is 15.9 Å². The smallest absolute Gasteiger partial charge is 0.263 e. The van der Waals surface area contributed by atoms with E-state index in [1.807, 2.05) is 0 Å². The summed E-state index contributed by atoms with van der Waals surface area (Å²) in [6.45, 7) is 0. The van der Waals surface area contributed by atoms with Crippen molar-refractivity contribution < 1.29 is 8.42 Å². The second-order valence-corrected chi connectivity index (χ2v) is 7.21. The molecule has 0 saturated heterocycles. The fraction of sp³-hybridized carbons (Fsp3) is 0.0769. The van der Waals surface area contributed by atoms with E-state index in [0.717, 1.165) is 0 Å². The Morgan fingerprint density at radius 2 is 1.85 bits per heavy atom. The van der Waals surface area contributed by atoms with Crippen molar-refractivity contribution in [1.29, 1.82) is 0 Å². The molecule has 1 N–H and O–H groups in total. The standard InChI is InChI=1S/C13H10BrCl2NO2S/c14-10-5-6-13(11(16)7-10)20(18,19)17-12-4-2-1-3-9(12)8-15/h1-7,17H,8H2. The number of hydrogen-bond donors (Lipinski definition) is 1. The van der Waals surface area contributed by atoms with Crippen molar-refractivity contribution in [3.63, 3.8) is 0 Å². The van der Waals surface area contributed by atoms with Gasteiger partial charge >= 0.3 is 0 Å². The predicted molar refractivity (Wildman–Crippen MR) is 86.0 cm³/mol. The van der Waals surface area contributed by atoms with E-state index >= 15 is 0 Å². The Bertz CT molecular complexity index is 735. The van der Waals surface area contributed by atoms with E-state index < -0.39 is 10.0 Å². The molecule has 0 aromatic heterocycles. The molecule has 0 saturated carbocycles. The Morgan fingerprint density at radius 3 is 2.50 bits per heavy atom. The zero-order valence-corrected chi connectivity index (χ0v) is 14.0. The molecular weight excluding hydrogens is 385 g/mol. The molecule has 0 heterocycles. The number of anilines is 1. The third-order valence-corrected chi connectivity index (χ3v) is 5.22. The van der Waals surface area contributed by atoms with E-state index in [1.54, 1.807) is 30.3 Å². The van der Waals surface area contributed by atoms with Crippen molar-refractivity contribution in [3.05, 3.63) is 57.5 Å². The second-order valence-electron chi connectivity index (χ2n) is 3.97. The quantitative estimate of drug-likeness (QED) is 0.767. The van der Waals surface area contributed by atoms with Crippen LogP contribution in [0.15, 0.2) is 51.8 Å². The van der Waals surface area contributed by atoms with Crippen molar-refractivity contribution in [2.24, 2.45) is 0 Å². The van der Waals surface area contributed by atoms with Gasteiger partial charge in [-0.1, -0.05) is 45.7 Å². The summed E-state index contributed by atoms with van der Waals surface area (Å²) < 4.78 is 27.9. The normalized spacial score (nSPS) is 11.3. The topological polar surface area (TPSA) is 46.2 Å². The van der Waals surface area contributed by atoms with Gasteiger partial charge in [0.1, 0.15) is 4.90 Å². The van der Waals surface area contributed by atoms with Crippen LogP contribution >= 0.6 is 39.1 Å². The SMILES string of the molecule is O=S(=O)(Nc1ccccc1CCl)c1ccc(Br)cc1Cl. The number of alkyl halides is 1. The summed E-state index contributed by atoms with van der Waals surface area (Å²) in [4.78, 5) is 0.0201. The van der Waals surface area contributed by atoms with Crippen LogP contribution < -0.4 is 4.72 Å². The Labute approximate surface area is 136 Å². The average Bonchev–Trinajstić information content (AvgIpc) is 2.38. The maximum absolute atomic E-state index is 12.3. The van der Waals surface area contributed by atoms with E-state index in [1.165, 1.54) is 12.1 Å². The number of nitrogens with one attached hydrogen (secondary N) is 1. The molecule has 0 aliphatic rings. The van der Waals surface area contributed by atoms with E-state index in [-0.39, 0.29) is 15.8 Å². The second kappa shape index (κ2) is 6.35. The molecule has 2 aromatic rings. The first-order chi connectivity index (χ1) is 9.44. The summed E-state index contributed by atoms with van der Waals surface area (Å²) in [5.74, 6) is 0.215. The Morgan fingerprint density at radius 1 is 1.15 bits per heavy atom. The maximum atomic E-state index is 12.3. The van der Waals surface area contributed by atoms with Crippen molar-refractivity contribution in [2.75, 3.05) is 4.72 Å². The van der Waals surface area contributed by atoms with Gasteiger partial charge in [-0.05, 0) is 29.8 Å². The minimum atomic E-state index is -3.75. The van der Waals surface area contributed by atoms with Gasteiger partial charge in [0.15, 0.2) is 0 Å². The first-order valence-electron chi connectivity index (χ1n) is 5.56. The Hall–Kier alpha value is -0.750. The van der Waals surface area contributed by atoms with E-state index in [4.69, 9.17) is 23.2 Å². The number of halogens is 3. The van der Waals surface area contributed by atoms with Gasteiger partial charge < -0.3 is 0 Å². The largest absolute Gasteiger partial charge is 0.279 e. The van der Waals surface area contributed by atoms with Crippen molar-refractivity contribution in [3.8, 4) is 0 Å². The number of para-hydroxylation sites is 1. The van der Waals surface area contributed by atoms with Crippen LogP contribution in [0.3, 0.4) is 0 Å². The van der Waals surface area contributed by atoms with Crippen LogP contribution in [0.4, 0.5) is 5.69 Å². The van der Waals surface area contributed by atoms with Crippen LogP contribution in [0.25, 0.3) is 0 Å². The molecular formula is C13H10BrCl2NO2S. The van der Waals surface area contributed by atoms with E-state index in [0.29, 0.717) is 15.7 Å². The van der Waals surface area contributed by atoms with Gasteiger partial charge in [0.05, 0.1) is 10.7 Å². The lowest BCUT2D eigenvalue weighted by atomic mass is 10.2. The van der Waals surface area contributed by atoms with Crippen molar-refractivity contribution >= 4 is 54.8 Å². The number of rotatable bonds is 4. The molecule has 106 valence electrons. The maximum Gasteiger partial charge on any atom is 0.263 e. The Kier molecular flexibility index (Phi) is 4.96. The molecule has 0 amide bonds. The first-order valence-corrected chi connectivity index (χ1v) is 8.74. The number of hydrogen-bond acceptors (Lipinski definition) is 2. The third-order valence-electron chi connectivity index (χ3n) is 2.59. The van der Waals surface area contributed by atoms with Crippen LogP contribution in [0.1, 0.15) is 5.56 Å². The van der Waals surface area contributed by atoms with Crippen LogP contribution in [0, 0.1) is 0 Å². The number of sulfonamides is 1. The van der Waals surface area contributed by atoms with E-state index in [2.05, 4.69) is 20.7 Å².